The number of hydrogen-bond acceptors (Lipinski definition) is 0. The van der Waals surface area contributed by atoms with Gasteiger partial charge in [0.15, 0.2) is 7.38 Å². The standard InChI is InChI=1S/C16H19ClSi/c1-3-5-10-14-18(17,15-11-6-4-2)16-12-8-7-9-13-16/h3-13H,1-2,14-15H2. The third-order valence-electron chi connectivity index (χ3n) is 2.72. The third-order valence-corrected chi connectivity index (χ3v) is 7.43. The Morgan fingerprint density at radius 3 is 1.89 bits per heavy atom. The van der Waals surface area contributed by atoms with E-state index in [1.807, 2.05) is 30.4 Å². The Kier molecular flexibility index (Phi) is 6.48. The predicted octanol–water partition coefficient (Wildman–Crippen LogP) is 4.56. The molecule has 0 aliphatic rings. The molecule has 0 amide bonds. The first-order chi connectivity index (χ1) is 8.73. The summed E-state index contributed by atoms with van der Waals surface area (Å²) in [4.78, 5) is 0. The highest BCUT2D eigenvalue weighted by Gasteiger charge is 2.30. The van der Waals surface area contributed by atoms with Crippen LogP contribution >= 0.6 is 11.1 Å². The van der Waals surface area contributed by atoms with Crippen molar-refractivity contribution in [2.24, 2.45) is 0 Å². The van der Waals surface area contributed by atoms with E-state index in [-0.39, 0.29) is 0 Å². The second-order valence-electron chi connectivity index (χ2n) is 4.07. The fourth-order valence-corrected chi connectivity index (χ4v) is 5.12. The van der Waals surface area contributed by atoms with E-state index in [9.17, 15) is 0 Å². The molecule has 0 spiro atoms. The molecule has 2 heteroatoms. The van der Waals surface area contributed by atoms with Crippen molar-refractivity contribution in [1.29, 1.82) is 0 Å². The fraction of sp³-hybridized carbons (Fsp3) is 0.125. The van der Waals surface area contributed by atoms with Crippen LogP contribution in [0.25, 0.3) is 0 Å². The molecule has 0 aromatic heterocycles. The van der Waals surface area contributed by atoms with E-state index in [1.165, 1.54) is 5.19 Å². The van der Waals surface area contributed by atoms with Crippen LogP contribution in [0.4, 0.5) is 0 Å². The topological polar surface area (TPSA) is 0 Å². The van der Waals surface area contributed by atoms with Gasteiger partial charge in [-0.2, -0.15) is 11.1 Å². The molecule has 0 bridgehead atoms. The molecular formula is C16H19ClSi. The minimum atomic E-state index is -2.00. The van der Waals surface area contributed by atoms with Gasteiger partial charge in [0, 0.05) is 0 Å². The Morgan fingerprint density at radius 1 is 0.944 bits per heavy atom. The smallest absolute Gasteiger partial charge is 0.160 e. The molecule has 0 N–H and O–H groups in total. The number of rotatable bonds is 7. The van der Waals surface area contributed by atoms with Crippen LogP contribution in [0.2, 0.25) is 12.1 Å². The Bertz CT molecular complexity index is 412. The highest BCUT2D eigenvalue weighted by atomic mass is 35.6. The minimum Gasteiger partial charge on any atom is -0.160 e. The van der Waals surface area contributed by atoms with Crippen LogP contribution in [0, 0.1) is 0 Å². The summed E-state index contributed by atoms with van der Waals surface area (Å²) < 4.78 is 0. The van der Waals surface area contributed by atoms with Crippen molar-refractivity contribution >= 4 is 23.6 Å². The number of hydrogen-bond donors (Lipinski definition) is 0. The second kappa shape index (κ2) is 7.91. The second-order valence-corrected chi connectivity index (χ2v) is 9.56. The predicted molar refractivity (Wildman–Crippen MR) is 86.0 cm³/mol. The van der Waals surface area contributed by atoms with Gasteiger partial charge in [-0.05, 0) is 17.3 Å². The van der Waals surface area contributed by atoms with E-state index >= 15 is 0 Å². The summed E-state index contributed by atoms with van der Waals surface area (Å²) in [6, 6.07) is 12.2. The highest BCUT2D eigenvalue weighted by Crippen LogP contribution is 2.22. The summed E-state index contributed by atoms with van der Waals surface area (Å²) in [5, 5.41) is 1.27. The van der Waals surface area contributed by atoms with E-state index < -0.39 is 7.38 Å². The van der Waals surface area contributed by atoms with Gasteiger partial charge < -0.3 is 0 Å². The van der Waals surface area contributed by atoms with Crippen molar-refractivity contribution in [3.05, 3.63) is 79.9 Å². The normalized spacial score (nSPS) is 14.7. The van der Waals surface area contributed by atoms with Gasteiger partial charge >= 0.3 is 0 Å². The lowest BCUT2D eigenvalue weighted by Gasteiger charge is -2.22. The van der Waals surface area contributed by atoms with Gasteiger partial charge in [-0.15, -0.1) is 0 Å². The van der Waals surface area contributed by atoms with Crippen molar-refractivity contribution in [1.82, 2.24) is 0 Å². The van der Waals surface area contributed by atoms with Crippen LogP contribution in [0.5, 0.6) is 0 Å². The molecular weight excluding hydrogens is 256 g/mol. The molecule has 1 rings (SSSR count). The summed E-state index contributed by atoms with van der Waals surface area (Å²) in [7, 11) is -2.00. The summed E-state index contributed by atoms with van der Waals surface area (Å²) in [6.45, 7) is 7.37. The zero-order valence-electron chi connectivity index (χ0n) is 10.6. The van der Waals surface area contributed by atoms with Crippen molar-refractivity contribution in [3.8, 4) is 0 Å². The Labute approximate surface area is 116 Å². The Morgan fingerprint density at radius 2 is 1.44 bits per heavy atom. The van der Waals surface area contributed by atoms with Crippen molar-refractivity contribution in [2.75, 3.05) is 0 Å². The highest BCUT2D eigenvalue weighted by molar-refractivity contribution is 7.27. The molecule has 0 saturated heterocycles. The van der Waals surface area contributed by atoms with Crippen LogP contribution in [0.15, 0.2) is 79.9 Å². The van der Waals surface area contributed by atoms with Crippen molar-refractivity contribution in [2.45, 2.75) is 12.1 Å². The third kappa shape index (κ3) is 4.51. The Hall–Kier alpha value is -1.31. The van der Waals surface area contributed by atoms with E-state index in [1.54, 1.807) is 12.2 Å². The van der Waals surface area contributed by atoms with Crippen LogP contribution < -0.4 is 5.19 Å². The first-order valence-electron chi connectivity index (χ1n) is 6.02. The van der Waals surface area contributed by atoms with Crippen LogP contribution in [-0.4, -0.2) is 7.38 Å². The van der Waals surface area contributed by atoms with E-state index in [2.05, 4.69) is 37.4 Å². The molecule has 0 aliphatic carbocycles. The quantitative estimate of drug-likeness (QED) is 0.388. The first-order valence-corrected chi connectivity index (χ1v) is 9.45. The molecule has 0 nitrogen and oxygen atoms in total. The Balaban J connectivity index is 2.92. The maximum atomic E-state index is 6.90. The molecule has 1 aromatic rings. The number of halogens is 1. The molecule has 1 aromatic carbocycles. The number of benzene rings is 1. The summed E-state index contributed by atoms with van der Waals surface area (Å²) in [5.41, 5.74) is 0. The lowest BCUT2D eigenvalue weighted by atomic mass is 10.4. The van der Waals surface area contributed by atoms with Gasteiger partial charge in [0.05, 0.1) is 0 Å². The molecule has 0 aliphatic heterocycles. The summed E-state index contributed by atoms with van der Waals surface area (Å²) in [6.07, 6.45) is 11.7. The lowest BCUT2D eigenvalue weighted by Crippen LogP contribution is -2.40. The van der Waals surface area contributed by atoms with E-state index in [0.29, 0.717) is 0 Å². The number of allylic oxidation sites excluding steroid dienone is 6. The first kappa shape index (κ1) is 14.7. The molecule has 0 unspecified atom stereocenters. The van der Waals surface area contributed by atoms with E-state index in [4.69, 9.17) is 11.1 Å². The van der Waals surface area contributed by atoms with E-state index in [0.717, 1.165) is 12.1 Å². The maximum Gasteiger partial charge on any atom is 0.194 e. The fourth-order valence-electron chi connectivity index (χ4n) is 1.76. The van der Waals surface area contributed by atoms with Crippen molar-refractivity contribution in [3.63, 3.8) is 0 Å². The molecule has 94 valence electrons. The van der Waals surface area contributed by atoms with Crippen molar-refractivity contribution < 1.29 is 0 Å². The largest absolute Gasteiger partial charge is 0.194 e. The van der Waals surface area contributed by atoms with Gasteiger partial charge in [-0.1, -0.05) is 79.9 Å². The average molecular weight is 275 g/mol. The SMILES string of the molecule is C=CC=CC[Si](Cl)(CC=CC=C)c1ccccc1. The molecule has 0 heterocycles. The zero-order valence-corrected chi connectivity index (χ0v) is 12.3. The molecule has 18 heavy (non-hydrogen) atoms. The molecule has 0 saturated carbocycles. The average Bonchev–Trinajstić information content (AvgIpc) is 2.40. The zero-order chi connectivity index (χ0) is 13.3. The van der Waals surface area contributed by atoms with Gasteiger partial charge in [0.1, 0.15) is 0 Å². The van der Waals surface area contributed by atoms with Gasteiger partial charge in [0.25, 0.3) is 0 Å². The monoisotopic (exact) mass is 274 g/mol. The molecule has 0 atom stereocenters. The molecule has 0 radical (unpaired) electrons. The minimum absolute atomic E-state index is 0.909. The van der Waals surface area contributed by atoms with Gasteiger partial charge in [0.2, 0.25) is 0 Å². The van der Waals surface area contributed by atoms with Gasteiger partial charge in [-0.25, -0.2) is 0 Å². The van der Waals surface area contributed by atoms with Crippen LogP contribution in [-0.2, 0) is 0 Å². The van der Waals surface area contributed by atoms with Gasteiger partial charge in [-0.3, -0.25) is 0 Å². The van der Waals surface area contributed by atoms with Crippen LogP contribution in [0.1, 0.15) is 0 Å². The molecule has 0 fully saturated rings. The summed E-state index contributed by atoms with van der Waals surface area (Å²) >= 11 is 6.90. The summed E-state index contributed by atoms with van der Waals surface area (Å²) in [5.74, 6) is 0. The van der Waals surface area contributed by atoms with Crippen LogP contribution in [0.3, 0.4) is 0 Å². The maximum absolute atomic E-state index is 6.90. The lowest BCUT2D eigenvalue weighted by molar-refractivity contribution is 1.50.